The Morgan fingerprint density at radius 1 is 1.00 bits per heavy atom. The molecule has 1 heterocycles. The Bertz CT molecular complexity index is 875. The zero-order valence-corrected chi connectivity index (χ0v) is 17.6. The number of aryl methyl sites for hydroxylation is 1. The Kier molecular flexibility index (Phi) is 6.36. The van der Waals surface area contributed by atoms with Gasteiger partial charge in [0.15, 0.2) is 0 Å². The third kappa shape index (κ3) is 4.50. The fraction of sp³-hybridized carbons (Fsp3) is 0.440. The number of carbonyl (C=O) groups is 2. The molecule has 1 fully saturated rings. The van der Waals surface area contributed by atoms with Crippen LogP contribution in [0.5, 0.6) is 5.75 Å². The van der Waals surface area contributed by atoms with Crippen LogP contribution < -0.4 is 4.74 Å². The molecule has 5 heteroatoms. The number of hydrogen-bond acceptors (Lipinski definition) is 3. The van der Waals surface area contributed by atoms with Crippen molar-refractivity contribution in [1.82, 2.24) is 9.80 Å². The summed E-state index contributed by atoms with van der Waals surface area (Å²) in [7, 11) is 1.94. The van der Waals surface area contributed by atoms with E-state index in [-0.39, 0.29) is 23.8 Å². The second-order valence-electron chi connectivity index (χ2n) is 8.27. The maximum atomic E-state index is 13.1. The van der Waals surface area contributed by atoms with Crippen molar-refractivity contribution >= 4 is 11.8 Å². The number of benzene rings is 2. The summed E-state index contributed by atoms with van der Waals surface area (Å²) in [4.78, 5) is 29.4. The van der Waals surface area contributed by atoms with E-state index in [0.717, 1.165) is 31.4 Å². The van der Waals surface area contributed by atoms with Crippen LogP contribution in [-0.4, -0.2) is 48.4 Å². The van der Waals surface area contributed by atoms with E-state index < -0.39 is 0 Å². The number of para-hydroxylation sites is 1. The maximum Gasteiger partial charge on any atom is 0.226 e. The molecule has 2 aromatic rings. The summed E-state index contributed by atoms with van der Waals surface area (Å²) in [5.74, 6) is 1.12. The minimum absolute atomic E-state index is 0.00683. The van der Waals surface area contributed by atoms with Crippen molar-refractivity contribution in [3.63, 3.8) is 0 Å². The van der Waals surface area contributed by atoms with Crippen molar-refractivity contribution in [3.8, 4) is 5.75 Å². The van der Waals surface area contributed by atoms with Gasteiger partial charge in [-0.05, 0) is 48.9 Å². The molecule has 30 heavy (non-hydrogen) atoms. The van der Waals surface area contributed by atoms with E-state index in [2.05, 4.69) is 24.3 Å². The van der Waals surface area contributed by atoms with Gasteiger partial charge in [-0.2, -0.15) is 0 Å². The number of amides is 2. The summed E-state index contributed by atoms with van der Waals surface area (Å²) in [6.45, 7) is 1.68. The lowest BCUT2D eigenvalue weighted by Crippen LogP contribution is -2.44. The Balaban J connectivity index is 1.24. The molecule has 1 aliphatic heterocycles. The van der Waals surface area contributed by atoms with Crippen molar-refractivity contribution in [2.45, 2.75) is 38.1 Å². The SMILES string of the molecule is CN(C(=O)C1CCN(C(=O)CCOc2ccccc2)CC1)C1CCc2ccccc21. The molecular formula is C25H30N2O3. The first-order chi connectivity index (χ1) is 14.6. The molecule has 0 N–H and O–H groups in total. The van der Waals surface area contributed by atoms with E-state index in [1.54, 1.807) is 0 Å². The van der Waals surface area contributed by atoms with Crippen LogP contribution in [-0.2, 0) is 16.0 Å². The fourth-order valence-electron chi connectivity index (χ4n) is 4.69. The predicted molar refractivity (Wildman–Crippen MR) is 116 cm³/mol. The Morgan fingerprint density at radius 3 is 2.47 bits per heavy atom. The number of rotatable bonds is 6. The van der Waals surface area contributed by atoms with Crippen molar-refractivity contribution in [1.29, 1.82) is 0 Å². The van der Waals surface area contributed by atoms with E-state index in [9.17, 15) is 9.59 Å². The number of carbonyl (C=O) groups excluding carboxylic acids is 2. The van der Waals surface area contributed by atoms with Crippen LogP contribution >= 0.6 is 0 Å². The highest BCUT2D eigenvalue weighted by atomic mass is 16.5. The number of nitrogens with zero attached hydrogens (tertiary/aromatic N) is 2. The first-order valence-corrected chi connectivity index (χ1v) is 10.9. The third-order valence-electron chi connectivity index (χ3n) is 6.44. The van der Waals surface area contributed by atoms with Gasteiger partial charge in [-0.15, -0.1) is 0 Å². The molecule has 4 rings (SSSR count). The van der Waals surface area contributed by atoms with E-state index in [1.165, 1.54) is 11.1 Å². The molecule has 0 radical (unpaired) electrons. The standard InChI is InChI=1S/C25H30N2O3/c1-26(23-12-11-19-7-5-6-10-22(19)23)25(29)20-13-16-27(17-14-20)24(28)15-18-30-21-8-3-2-4-9-21/h2-10,20,23H,11-18H2,1H3. The molecule has 2 aromatic carbocycles. The first-order valence-electron chi connectivity index (χ1n) is 10.9. The lowest BCUT2D eigenvalue weighted by Gasteiger charge is -2.35. The maximum absolute atomic E-state index is 13.1. The van der Waals surface area contributed by atoms with E-state index in [0.29, 0.717) is 26.1 Å². The molecule has 2 aliphatic rings. The summed E-state index contributed by atoms with van der Waals surface area (Å²) in [5.41, 5.74) is 2.65. The van der Waals surface area contributed by atoms with Crippen LogP contribution in [0, 0.1) is 5.92 Å². The van der Waals surface area contributed by atoms with Gasteiger partial charge in [0.1, 0.15) is 5.75 Å². The number of hydrogen-bond donors (Lipinski definition) is 0. The average molecular weight is 407 g/mol. The van der Waals surface area contributed by atoms with Crippen LogP contribution in [0.25, 0.3) is 0 Å². The van der Waals surface area contributed by atoms with Crippen LogP contribution in [0.3, 0.4) is 0 Å². The average Bonchev–Trinajstić information content (AvgIpc) is 3.23. The summed E-state index contributed by atoms with van der Waals surface area (Å²) in [6, 6.07) is 18.2. The zero-order chi connectivity index (χ0) is 20.9. The highest BCUT2D eigenvalue weighted by molar-refractivity contribution is 5.80. The summed E-state index contributed by atoms with van der Waals surface area (Å²) in [5, 5.41) is 0. The molecule has 0 spiro atoms. The number of piperidine rings is 1. The molecular weight excluding hydrogens is 376 g/mol. The van der Waals surface area contributed by atoms with Crippen LogP contribution in [0.2, 0.25) is 0 Å². The van der Waals surface area contributed by atoms with Crippen LogP contribution in [0.4, 0.5) is 0 Å². The summed E-state index contributed by atoms with van der Waals surface area (Å²) in [6.07, 6.45) is 3.88. The minimum atomic E-state index is 0.00683. The molecule has 158 valence electrons. The van der Waals surface area contributed by atoms with Gasteiger partial charge in [0.05, 0.1) is 19.1 Å². The second-order valence-corrected chi connectivity index (χ2v) is 8.27. The lowest BCUT2D eigenvalue weighted by molar-refractivity contribution is -0.141. The largest absolute Gasteiger partial charge is 0.493 e. The van der Waals surface area contributed by atoms with Gasteiger partial charge in [-0.1, -0.05) is 42.5 Å². The first kappa shape index (κ1) is 20.5. The van der Waals surface area contributed by atoms with Gasteiger partial charge < -0.3 is 14.5 Å². The van der Waals surface area contributed by atoms with Crippen molar-refractivity contribution in [2.24, 2.45) is 5.92 Å². The Morgan fingerprint density at radius 2 is 1.70 bits per heavy atom. The minimum Gasteiger partial charge on any atom is -0.493 e. The van der Waals surface area contributed by atoms with Gasteiger partial charge in [0, 0.05) is 26.1 Å². The van der Waals surface area contributed by atoms with Gasteiger partial charge in [0.25, 0.3) is 0 Å². The van der Waals surface area contributed by atoms with Crippen molar-refractivity contribution in [2.75, 3.05) is 26.7 Å². The molecule has 0 aromatic heterocycles. The van der Waals surface area contributed by atoms with Gasteiger partial charge in [-0.3, -0.25) is 9.59 Å². The molecule has 1 unspecified atom stereocenters. The smallest absolute Gasteiger partial charge is 0.226 e. The van der Waals surface area contributed by atoms with Crippen molar-refractivity contribution in [3.05, 3.63) is 65.7 Å². The van der Waals surface area contributed by atoms with Crippen molar-refractivity contribution < 1.29 is 14.3 Å². The third-order valence-corrected chi connectivity index (χ3v) is 6.44. The van der Waals surface area contributed by atoms with Crippen LogP contribution in [0.15, 0.2) is 54.6 Å². The van der Waals surface area contributed by atoms with E-state index >= 15 is 0 Å². The number of likely N-dealkylation sites (tertiary alicyclic amines) is 1. The Hall–Kier alpha value is -2.82. The number of fused-ring (bicyclic) bond motifs is 1. The van der Waals surface area contributed by atoms with E-state index in [4.69, 9.17) is 4.74 Å². The lowest BCUT2D eigenvalue weighted by atomic mass is 9.94. The van der Waals surface area contributed by atoms with Crippen LogP contribution in [0.1, 0.15) is 42.9 Å². The molecule has 0 bridgehead atoms. The highest BCUT2D eigenvalue weighted by Gasteiger charge is 2.34. The molecule has 1 aliphatic carbocycles. The highest BCUT2D eigenvalue weighted by Crippen LogP contribution is 2.36. The topological polar surface area (TPSA) is 49.9 Å². The fourth-order valence-corrected chi connectivity index (χ4v) is 4.69. The molecule has 1 saturated heterocycles. The second kappa shape index (κ2) is 9.33. The predicted octanol–water partition coefficient (Wildman–Crippen LogP) is 3.84. The monoisotopic (exact) mass is 406 g/mol. The summed E-state index contributed by atoms with van der Waals surface area (Å²) < 4.78 is 5.64. The summed E-state index contributed by atoms with van der Waals surface area (Å²) >= 11 is 0. The molecule has 2 amide bonds. The Labute approximate surface area is 178 Å². The molecule has 1 atom stereocenters. The zero-order valence-electron chi connectivity index (χ0n) is 17.6. The van der Waals surface area contributed by atoms with Gasteiger partial charge in [0.2, 0.25) is 11.8 Å². The normalized spacial score (nSPS) is 18.7. The quantitative estimate of drug-likeness (QED) is 0.732. The number of ether oxygens (including phenoxy) is 1. The molecule has 5 nitrogen and oxygen atoms in total. The van der Waals surface area contributed by atoms with E-state index in [1.807, 2.05) is 47.2 Å². The van der Waals surface area contributed by atoms with Gasteiger partial charge >= 0.3 is 0 Å². The van der Waals surface area contributed by atoms with Gasteiger partial charge in [-0.25, -0.2) is 0 Å². The molecule has 0 saturated carbocycles.